The molecule has 0 bridgehead atoms. The van der Waals surface area contributed by atoms with E-state index in [2.05, 4.69) is 0 Å². The second kappa shape index (κ2) is 8.07. The molecule has 5 nitrogen and oxygen atoms in total. The molecule has 132 valence electrons. The van der Waals surface area contributed by atoms with Crippen LogP contribution in [-0.2, 0) is 4.79 Å². The van der Waals surface area contributed by atoms with Crippen molar-refractivity contribution < 1.29 is 24.1 Å². The van der Waals surface area contributed by atoms with E-state index >= 15 is 0 Å². The summed E-state index contributed by atoms with van der Waals surface area (Å²) in [6, 6.07) is 23.6. The average Bonchev–Trinajstić information content (AvgIpc) is 2.66. The maximum Gasteiger partial charge on any atom is 0.344 e. The van der Waals surface area contributed by atoms with Crippen molar-refractivity contribution in [1.82, 2.24) is 0 Å². The minimum Gasteiger partial charge on any atom is -0.479 e. The second-order valence-electron chi connectivity index (χ2n) is 5.56. The van der Waals surface area contributed by atoms with Gasteiger partial charge in [-0.25, -0.2) is 4.79 Å². The molecule has 3 aromatic carbocycles. The highest BCUT2D eigenvalue weighted by atomic mass is 16.5. The predicted octanol–water partition coefficient (Wildman–Crippen LogP) is 5.12. The summed E-state index contributed by atoms with van der Waals surface area (Å²) < 4.78 is 16.8. The van der Waals surface area contributed by atoms with Gasteiger partial charge in [-0.15, -0.1) is 0 Å². The lowest BCUT2D eigenvalue weighted by molar-refractivity contribution is -0.144. The Balaban J connectivity index is 1.59. The van der Waals surface area contributed by atoms with Gasteiger partial charge in [-0.2, -0.15) is 0 Å². The van der Waals surface area contributed by atoms with Crippen LogP contribution in [0.3, 0.4) is 0 Å². The summed E-state index contributed by atoms with van der Waals surface area (Å²) >= 11 is 0. The molecule has 5 heteroatoms. The summed E-state index contributed by atoms with van der Waals surface area (Å²) in [5.74, 6) is 2.24. The lowest BCUT2D eigenvalue weighted by Crippen LogP contribution is -2.22. The molecule has 1 atom stereocenters. The number of carboxylic acid groups (broad SMARTS) is 1. The molecular formula is C21H18O5. The van der Waals surface area contributed by atoms with E-state index in [0.29, 0.717) is 17.2 Å². The molecule has 0 amide bonds. The smallest absolute Gasteiger partial charge is 0.344 e. The van der Waals surface area contributed by atoms with Gasteiger partial charge >= 0.3 is 5.97 Å². The maximum atomic E-state index is 10.8. The van der Waals surface area contributed by atoms with Gasteiger partial charge in [-0.1, -0.05) is 18.2 Å². The quantitative estimate of drug-likeness (QED) is 0.640. The topological polar surface area (TPSA) is 65.0 Å². The molecule has 0 heterocycles. The number of carbonyl (C=O) groups is 1. The standard InChI is InChI=1S/C21H18O5/c1-15(21(22)23)24-17-7-9-19(10-8-17)26-20-13-11-18(12-14-20)25-16-5-3-2-4-6-16/h2-15H,1H3,(H,22,23). The van der Waals surface area contributed by atoms with Gasteiger partial charge in [0, 0.05) is 0 Å². The molecule has 0 saturated heterocycles. The Kier molecular flexibility index (Phi) is 5.39. The zero-order valence-corrected chi connectivity index (χ0v) is 14.2. The first-order chi connectivity index (χ1) is 12.6. The third-order valence-electron chi connectivity index (χ3n) is 3.52. The van der Waals surface area contributed by atoms with Gasteiger partial charge in [0.25, 0.3) is 0 Å². The van der Waals surface area contributed by atoms with Crippen molar-refractivity contribution in [3.63, 3.8) is 0 Å². The third kappa shape index (κ3) is 4.77. The van der Waals surface area contributed by atoms with Gasteiger partial charge in [0.05, 0.1) is 0 Å². The highest BCUT2D eigenvalue weighted by Gasteiger charge is 2.12. The fraction of sp³-hybridized carbons (Fsp3) is 0.0952. The molecule has 3 rings (SSSR count). The van der Waals surface area contributed by atoms with Crippen LogP contribution in [0.15, 0.2) is 78.9 Å². The SMILES string of the molecule is CC(Oc1ccc(Oc2ccc(Oc3ccccc3)cc2)cc1)C(=O)O. The monoisotopic (exact) mass is 350 g/mol. The van der Waals surface area contributed by atoms with Crippen LogP contribution in [0.5, 0.6) is 28.7 Å². The Morgan fingerprint density at radius 3 is 1.50 bits per heavy atom. The number of para-hydroxylation sites is 1. The van der Waals surface area contributed by atoms with Crippen LogP contribution in [0.1, 0.15) is 6.92 Å². The minimum atomic E-state index is -1.01. The number of hydrogen-bond acceptors (Lipinski definition) is 4. The molecule has 3 aromatic rings. The van der Waals surface area contributed by atoms with Crippen molar-refractivity contribution in [2.45, 2.75) is 13.0 Å². The summed E-state index contributed by atoms with van der Waals surface area (Å²) in [7, 11) is 0. The average molecular weight is 350 g/mol. The van der Waals surface area contributed by atoms with E-state index in [0.717, 1.165) is 11.5 Å². The number of carboxylic acids is 1. The van der Waals surface area contributed by atoms with E-state index in [9.17, 15) is 4.79 Å². The number of aliphatic carboxylic acids is 1. The van der Waals surface area contributed by atoms with E-state index in [1.54, 1.807) is 24.3 Å². The van der Waals surface area contributed by atoms with Crippen LogP contribution in [-0.4, -0.2) is 17.2 Å². The number of hydrogen-bond donors (Lipinski definition) is 1. The number of rotatable bonds is 7. The molecule has 0 aliphatic carbocycles. The third-order valence-corrected chi connectivity index (χ3v) is 3.52. The molecule has 0 radical (unpaired) electrons. The van der Waals surface area contributed by atoms with E-state index in [1.165, 1.54) is 6.92 Å². The van der Waals surface area contributed by atoms with Gasteiger partial charge in [0.1, 0.15) is 28.7 Å². The Morgan fingerprint density at radius 1 is 0.692 bits per heavy atom. The Labute approximate surface area is 151 Å². The van der Waals surface area contributed by atoms with Crippen molar-refractivity contribution in [3.05, 3.63) is 78.9 Å². The van der Waals surface area contributed by atoms with Crippen LogP contribution in [0, 0.1) is 0 Å². The molecule has 0 aromatic heterocycles. The summed E-state index contributed by atoms with van der Waals surface area (Å²) in [6.45, 7) is 1.48. The van der Waals surface area contributed by atoms with Crippen molar-refractivity contribution >= 4 is 5.97 Å². The highest BCUT2D eigenvalue weighted by molar-refractivity contribution is 5.72. The molecule has 0 fully saturated rings. The second-order valence-corrected chi connectivity index (χ2v) is 5.56. The molecular weight excluding hydrogens is 332 g/mol. The highest BCUT2D eigenvalue weighted by Crippen LogP contribution is 2.27. The Bertz CT molecular complexity index is 842. The summed E-state index contributed by atoms with van der Waals surface area (Å²) in [4.78, 5) is 10.8. The van der Waals surface area contributed by atoms with Crippen molar-refractivity contribution in [2.24, 2.45) is 0 Å². The van der Waals surface area contributed by atoms with Gasteiger partial charge in [0.15, 0.2) is 6.10 Å². The number of ether oxygens (including phenoxy) is 3. The molecule has 0 saturated carbocycles. The summed E-state index contributed by atoms with van der Waals surface area (Å²) in [5, 5.41) is 8.85. The lowest BCUT2D eigenvalue weighted by atomic mass is 10.3. The normalized spacial score (nSPS) is 11.4. The maximum absolute atomic E-state index is 10.8. The van der Waals surface area contributed by atoms with Crippen LogP contribution in [0.25, 0.3) is 0 Å². The van der Waals surface area contributed by atoms with E-state index in [4.69, 9.17) is 19.3 Å². The van der Waals surface area contributed by atoms with E-state index in [-0.39, 0.29) is 0 Å². The van der Waals surface area contributed by atoms with Crippen LogP contribution in [0.2, 0.25) is 0 Å². The molecule has 1 unspecified atom stereocenters. The van der Waals surface area contributed by atoms with Crippen LogP contribution < -0.4 is 14.2 Å². The zero-order valence-electron chi connectivity index (χ0n) is 14.2. The predicted molar refractivity (Wildman–Crippen MR) is 97.2 cm³/mol. The minimum absolute atomic E-state index is 0.471. The summed E-state index contributed by atoms with van der Waals surface area (Å²) in [6.07, 6.45) is -0.904. The number of benzene rings is 3. The van der Waals surface area contributed by atoms with Crippen LogP contribution in [0.4, 0.5) is 0 Å². The largest absolute Gasteiger partial charge is 0.479 e. The van der Waals surface area contributed by atoms with Crippen molar-refractivity contribution in [3.8, 4) is 28.7 Å². The first-order valence-electron chi connectivity index (χ1n) is 8.10. The van der Waals surface area contributed by atoms with Crippen molar-refractivity contribution in [1.29, 1.82) is 0 Å². The Morgan fingerprint density at radius 2 is 1.08 bits per heavy atom. The molecule has 1 N–H and O–H groups in total. The first kappa shape index (κ1) is 17.4. The van der Waals surface area contributed by atoms with Gasteiger partial charge < -0.3 is 19.3 Å². The molecule has 26 heavy (non-hydrogen) atoms. The lowest BCUT2D eigenvalue weighted by Gasteiger charge is -2.11. The van der Waals surface area contributed by atoms with Crippen LogP contribution >= 0.6 is 0 Å². The fourth-order valence-corrected chi connectivity index (χ4v) is 2.18. The molecule has 0 spiro atoms. The molecule has 0 aliphatic rings. The van der Waals surface area contributed by atoms with Gasteiger partial charge in [-0.05, 0) is 67.6 Å². The zero-order chi connectivity index (χ0) is 18.4. The summed E-state index contributed by atoms with van der Waals surface area (Å²) in [5.41, 5.74) is 0. The van der Waals surface area contributed by atoms with Crippen molar-refractivity contribution in [2.75, 3.05) is 0 Å². The van der Waals surface area contributed by atoms with Gasteiger partial charge in [0.2, 0.25) is 0 Å². The molecule has 0 aliphatic heterocycles. The van der Waals surface area contributed by atoms with E-state index < -0.39 is 12.1 Å². The first-order valence-corrected chi connectivity index (χ1v) is 8.10. The van der Waals surface area contributed by atoms with Gasteiger partial charge in [-0.3, -0.25) is 0 Å². The fourth-order valence-electron chi connectivity index (χ4n) is 2.18. The Hall–Kier alpha value is -3.47. The van der Waals surface area contributed by atoms with E-state index in [1.807, 2.05) is 54.6 Å².